The number of thiazole rings is 1. The van der Waals surface area contributed by atoms with Crippen LogP contribution in [0.5, 0.6) is 0 Å². The third-order valence-electron chi connectivity index (χ3n) is 7.28. The number of amides is 2. The van der Waals surface area contributed by atoms with Gasteiger partial charge in [-0.2, -0.15) is 0 Å². The van der Waals surface area contributed by atoms with Gasteiger partial charge in [0.05, 0.1) is 10.2 Å². The molecule has 4 bridgehead atoms. The summed E-state index contributed by atoms with van der Waals surface area (Å²) < 4.78 is 1.04. The molecule has 4 saturated carbocycles. The fourth-order valence-corrected chi connectivity index (χ4v) is 7.20. The fraction of sp³-hybridized carbons (Fsp3) is 0.609. The van der Waals surface area contributed by atoms with Gasteiger partial charge in [-0.1, -0.05) is 37.3 Å². The van der Waals surface area contributed by atoms with Gasteiger partial charge in [-0.25, -0.2) is 4.98 Å². The molecule has 0 saturated heterocycles. The highest BCUT2D eigenvalue weighted by Gasteiger charge is 2.55. The Hall–Kier alpha value is -1.95. The first kappa shape index (κ1) is 19.0. The van der Waals surface area contributed by atoms with Gasteiger partial charge in [-0.3, -0.25) is 9.59 Å². The SMILES string of the molecule is CC(C)[C@H](NC(=O)C12CC3CC(CC(C3)C1)C2)C(=O)Nc1nc2ccccc2s1. The maximum Gasteiger partial charge on any atom is 0.248 e. The van der Waals surface area contributed by atoms with Crippen molar-refractivity contribution in [1.82, 2.24) is 10.3 Å². The summed E-state index contributed by atoms with van der Waals surface area (Å²) >= 11 is 1.47. The highest BCUT2D eigenvalue weighted by Crippen LogP contribution is 2.60. The molecule has 5 nitrogen and oxygen atoms in total. The molecule has 6 heteroatoms. The second-order valence-electron chi connectivity index (χ2n) is 9.87. The van der Waals surface area contributed by atoms with E-state index in [1.807, 2.05) is 38.1 Å². The van der Waals surface area contributed by atoms with E-state index in [1.165, 1.54) is 30.6 Å². The van der Waals surface area contributed by atoms with E-state index in [1.54, 1.807) is 0 Å². The summed E-state index contributed by atoms with van der Waals surface area (Å²) in [6, 6.07) is 7.31. The standard InChI is InChI=1S/C23H29N3O2S/c1-13(2)19(20(27)26-22-24-17-5-3-4-6-18(17)29-22)25-21(28)23-10-14-7-15(11-23)9-16(8-14)12-23/h3-6,13-16,19H,7-12H2,1-2H3,(H,25,28)(H,24,26,27)/t14?,15?,16?,19-,23?/m0/s1. The van der Waals surface area contributed by atoms with E-state index < -0.39 is 6.04 Å². The van der Waals surface area contributed by atoms with Crippen LogP contribution in [0.25, 0.3) is 10.2 Å². The van der Waals surface area contributed by atoms with Crippen molar-refractivity contribution >= 4 is 38.5 Å². The lowest BCUT2D eigenvalue weighted by Gasteiger charge is -2.55. The molecule has 4 aliphatic rings. The molecule has 2 N–H and O–H groups in total. The van der Waals surface area contributed by atoms with Crippen LogP contribution in [0.2, 0.25) is 0 Å². The van der Waals surface area contributed by atoms with Gasteiger partial charge in [0.2, 0.25) is 11.8 Å². The zero-order chi connectivity index (χ0) is 20.2. The molecule has 1 heterocycles. The minimum absolute atomic E-state index is 0.0160. The topological polar surface area (TPSA) is 71.1 Å². The number of hydrogen-bond donors (Lipinski definition) is 2. The van der Waals surface area contributed by atoms with Crippen LogP contribution in [0.1, 0.15) is 52.4 Å². The summed E-state index contributed by atoms with van der Waals surface area (Å²) in [6.07, 6.45) is 6.94. The Kier molecular flexibility index (Phi) is 4.65. The smallest absolute Gasteiger partial charge is 0.248 e. The number of rotatable bonds is 5. The molecule has 2 aromatic rings. The van der Waals surface area contributed by atoms with Crippen molar-refractivity contribution in [1.29, 1.82) is 0 Å². The third kappa shape index (κ3) is 3.45. The maximum absolute atomic E-state index is 13.4. The number of carbonyl (C=O) groups is 2. The van der Waals surface area contributed by atoms with Gasteiger partial charge in [0, 0.05) is 5.41 Å². The number of nitrogens with one attached hydrogen (secondary N) is 2. The first-order valence-corrected chi connectivity index (χ1v) is 11.7. The summed E-state index contributed by atoms with van der Waals surface area (Å²) in [6.45, 7) is 3.98. The minimum Gasteiger partial charge on any atom is -0.344 e. The van der Waals surface area contributed by atoms with E-state index in [-0.39, 0.29) is 23.1 Å². The van der Waals surface area contributed by atoms with Crippen molar-refractivity contribution < 1.29 is 9.59 Å². The number of fused-ring (bicyclic) bond motifs is 1. The minimum atomic E-state index is -0.539. The van der Waals surface area contributed by atoms with Crippen molar-refractivity contribution in [2.45, 2.75) is 58.4 Å². The second kappa shape index (κ2) is 7.08. The average molecular weight is 412 g/mol. The summed E-state index contributed by atoms with van der Waals surface area (Å²) in [5, 5.41) is 6.69. The predicted molar refractivity (Wildman–Crippen MR) is 116 cm³/mol. The van der Waals surface area contributed by atoms with Gasteiger partial charge in [-0.15, -0.1) is 0 Å². The molecule has 4 aliphatic carbocycles. The summed E-state index contributed by atoms with van der Waals surface area (Å²) in [7, 11) is 0. The summed E-state index contributed by atoms with van der Waals surface area (Å²) in [5.74, 6) is 2.08. The average Bonchev–Trinajstić information content (AvgIpc) is 3.06. The van der Waals surface area contributed by atoms with Gasteiger partial charge in [0.1, 0.15) is 6.04 Å². The van der Waals surface area contributed by atoms with E-state index in [0.29, 0.717) is 22.9 Å². The van der Waals surface area contributed by atoms with Crippen molar-refractivity contribution in [2.75, 3.05) is 5.32 Å². The van der Waals surface area contributed by atoms with Crippen molar-refractivity contribution in [3.8, 4) is 0 Å². The van der Waals surface area contributed by atoms with Crippen LogP contribution >= 0.6 is 11.3 Å². The monoisotopic (exact) mass is 411 g/mol. The predicted octanol–water partition coefficient (Wildman–Crippen LogP) is 4.59. The Morgan fingerprint density at radius 2 is 1.69 bits per heavy atom. The molecule has 154 valence electrons. The largest absolute Gasteiger partial charge is 0.344 e. The van der Waals surface area contributed by atoms with Gasteiger partial charge in [-0.05, 0) is 74.3 Å². The fourth-order valence-electron chi connectivity index (χ4n) is 6.33. The molecule has 4 fully saturated rings. The Balaban J connectivity index is 1.31. The summed E-state index contributed by atoms with van der Waals surface area (Å²) in [5.41, 5.74) is 0.643. The molecule has 0 spiro atoms. The molecule has 1 aromatic heterocycles. The first-order valence-electron chi connectivity index (χ1n) is 10.9. The van der Waals surface area contributed by atoms with Crippen molar-refractivity contribution in [3.63, 3.8) is 0 Å². The normalized spacial score (nSPS) is 31.2. The third-order valence-corrected chi connectivity index (χ3v) is 8.23. The highest BCUT2D eigenvalue weighted by molar-refractivity contribution is 7.22. The molecular weight excluding hydrogens is 382 g/mol. The number of para-hydroxylation sites is 1. The first-order chi connectivity index (χ1) is 13.9. The van der Waals surface area contributed by atoms with Gasteiger partial charge >= 0.3 is 0 Å². The molecule has 1 aromatic carbocycles. The molecule has 6 rings (SSSR count). The lowest BCUT2D eigenvalue weighted by atomic mass is 9.49. The van der Waals surface area contributed by atoms with E-state index in [9.17, 15) is 9.59 Å². The Morgan fingerprint density at radius 1 is 1.07 bits per heavy atom. The van der Waals surface area contributed by atoms with Crippen LogP contribution in [0.3, 0.4) is 0 Å². The molecule has 2 amide bonds. The maximum atomic E-state index is 13.4. The van der Waals surface area contributed by atoms with E-state index in [2.05, 4.69) is 15.6 Å². The number of hydrogen-bond acceptors (Lipinski definition) is 4. The lowest BCUT2D eigenvalue weighted by Crippen LogP contribution is -2.57. The Bertz CT molecular complexity index is 882. The molecular formula is C23H29N3O2S. The number of aromatic nitrogens is 1. The van der Waals surface area contributed by atoms with Crippen molar-refractivity contribution in [2.24, 2.45) is 29.1 Å². The lowest BCUT2D eigenvalue weighted by molar-refractivity contribution is -0.148. The number of carbonyl (C=O) groups excluding carboxylic acids is 2. The van der Waals surface area contributed by atoms with E-state index >= 15 is 0 Å². The van der Waals surface area contributed by atoms with Gasteiger partial charge < -0.3 is 10.6 Å². The quantitative estimate of drug-likeness (QED) is 0.756. The van der Waals surface area contributed by atoms with Crippen LogP contribution in [0.4, 0.5) is 5.13 Å². The van der Waals surface area contributed by atoms with Gasteiger partial charge in [0.15, 0.2) is 5.13 Å². The second-order valence-corrected chi connectivity index (χ2v) is 10.9. The van der Waals surface area contributed by atoms with Crippen LogP contribution in [-0.4, -0.2) is 22.8 Å². The number of nitrogens with zero attached hydrogens (tertiary/aromatic N) is 1. The Labute approximate surface area is 175 Å². The van der Waals surface area contributed by atoms with Crippen molar-refractivity contribution in [3.05, 3.63) is 24.3 Å². The Morgan fingerprint density at radius 3 is 2.28 bits per heavy atom. The molecule has 1 atom stereocenters. The molecule has 29 heavy (non-hydrogen) atoms. The zero-order valence-electron chi connectivity index (χ0n) is 17.1. The molecule has 0 unspecified atom stereocenters. The summed E-state index contributed by atoms with van der Waals surface area (Å²) in [4.78, 5) is 30.9. The van der Waals surface area contributed by atoms with E-state index in [0.717, 1.165) is 29.5 Å². The van der Waals surface area contributed by atoms with Crippen LogP contribution in [0, 0.1) is 29.1 Å². The zero-order valence-corrected chi connectivity index (χ0v) is 17.9. The van der Waals surface area contributed by atoms with Gasteiger partial charge in [0.25, 0.3) is 0 Å². The molecule has 0 radical (unpaired) electrons. The van der Waals surface area contributed by atoms with Crippen LogP contribution in [-0.2, 0) is 9.59 Å². The van der Waals surface area contributed by atoms with Crippen LogP contribution in [0.15, 0.2) is 24.3 Å². The van der Waals surface area contributed by atoms with Crippen LogP contribution < -0.4 is 10.6 Å². The highest BCUT2D eigenvalue weighted by atomic mass is 32.1. The molecule has 0 aliphatic heterocycles. The van der Waals surface area contributed by atoms with E-state index in [4.69, 9.17) is 0 Å². The number of benzene rings is 1. The number of anilines is 1.